The molecule has 0 amide bonds. The topological polar surface area (TPSA) is 24.5 Å². The van der Waals surface area contributed by atoms with Gasteiger partial charge in [0.05, 0.1) is 5.02 Å². The third-order valence-corrected chi connectivity index (χ3v) is 5.81. The number of ether oxygens (including phenoxy) is 1. The van der Waals surface area contributed by atoms with Crippen LogP contribution in [0.5, 0.6) is 5.75 Å². The summed E-state index contributed by atoms with van der Waals surface area (Å²) in [6, 6.07) is 9.94. The van der Waals surface area contributed by atoms with E-state index in [1.165, 1.54) is 50.9 Å². The van der Waals surface area contributed by atoms with Gasteiger partial charge in [-0.1, -0.05) is 56.0 Å². The molecular weight excluding hydrogens is 434 g/mol. The molecule has 6 heteroatoms. The van der Waals surface area contributed by atoms with Crippen LogP contribution in [0.3, 0.4) is 0 Å². The first-order valence-electron chi connectivity index (χ1n) is 11.3. The fourth-order valence-electron chi connectivity index (χ4n) is 3.37. The Morgan fingerprint density at radius 1 is 0.903 bits per heavy atom. The standard InChI is InChI=1S/C25H35Cl2FN2O/c1-3-5-13-30(14-6-4-2)15-7-12-29-18-21-16-22(26)9-11-25(21)31-19-20-8-10-23(28)17-24(20)27/h8-11,16-17,29H,3-7,12-15,18-19H2,1-2H3. The van der Waals surface area contributed by atoms with E-state index in [9.17, 15) is 4.39 Å². The number of hydrogen-bond donors (Lipinski definition) is 1. The minimum Gasteiger partial charge on any atom is -0.489 e. The number of halogens is 3. The zero-order valence-corrected chi connectivity index (χ0v) is 20.2. The molecule has 0 spiro atoms. The first-order chi connectivity index (χ1) is 15.0. The lowest BCUT2D eigenvalue weighted by Crippen LogP contribution is -2.29. The van der Waals surface area contributed by atoms with Crippen LogP contribution >= 0.6 is 23.2 Å². The maximum atomic E-state index is 13.2. The van der Waals surface area contributed by atoms with Crippen molar-refractivity contribution >= 4 is 23.2 Å². The summed E-state index contributed by atoms with van der Waals surface area (Å²) in [6.07, 6.45) is 6.11. The van der Waals surface area contributed by atoms with Crippen LogP contribution < -0.4 is 10.1 Å². The van der Waals surface area contributed by atoms with Crippen molar-refractivity contribution in [2.24, 2.45) is 0 Å². The highest BCUT2D eigenvalue weighted by atomic mass is 35.5. The van der Waals surface area contributed by atoms with Gasteiger partial charge in [-0.3, -0.25) is 0 Å². The van der Waals surface area contributed by atoms with E-state index in [0.717, 1.165) is 36.4 Å². The second-order valence-electron chi connectivity index (χ2n) is 7.86. The second-order valence-corrected chi connectivity index (χ2v) is 8.70. The van der Waals surface area contributed by atoms with Gasteiger partial charge in [-0.15, -0.1) is 0 Å². The molecule has 0 aromatic heterocycles. The Balaban J connectivity index is 1.83. The summed E-state index contributed by atoms with van der Waals surface area (Å²) in [4.78, 5) is 2.58. The summed E-state index contributed by atoms with van der Waals surface area (Å²) < 4.78 is 19.2. The number of nitrogens with zero attached hydrogens (tertiary/aromatic N) is 1. The van der Waals surface area contributed by atoms with Crippen LogP contribution in [-0.2, 0) is 13.2 Å². The summed E-state index contributed by atoms with van der Waals surface area (Å²) in [5.74, 6) is 0.401. The SMILES string of the molecule is CCCCN(CCCC)CCCNCc1cc(Cl)ccc1OCc1ccc(F)cc1Cl. The van der Waals surface area contributed by atoms with E-state index < -0.39 is 0 Å². The van der Waals surface area contributed by atoms with Gasteiger partial charge in [-0.25, -0.2) is 4.39 Å². The van der Waals surface area contributed by atoms with Gasteiger partial charge >= 0.3 is 0 Å². The first kappa shape index (κ1) is 25.9. The van der Waals surface area contributed by atoms with Crippen molar-refractivity contribution in [2.45, 2.75) is 59.1 Å². The Hall–Kier alpha value is -1.33. The van der Waals surface area contributed by atoms with Crippen molar-refractivity contribution < 1.29 is 9.13 Å². The van der Waals surface area contributed by atoms with Gasteiger partial charge in [-0.2, -0.15) is 0 Å². The molecule has 0 unspecified atom stereocenters. The van der Waals surface area contributed by atoms with E-state index >= 15 is 0 Å². The molecule has 0 aliphatic rings. The lowest BCUT2D eigenvalue weighted by atomic mass is 10.2. The van der Waals surface area contributed by atoms with Crippen molar-refractivity contribution in [3.8, 4) is 5.75 Å². The van der Waals surface area contributed by atoms with Crippen LogP contribution in [0.15, 0.2) is 36.4 Å². The number of unbranched alkanes of at least 4 members (excludes halogenated alkanes) is 2. The molecule has 3 nitrogen and oxygen atoms in total. The lowest BCUT2D eigenvalue weighted by molar-refractivity contribution is 0.260. The van der Waals surface area contributed by atoms with Crippen LogP contribution in [0.25, 0.3) is 0 Å². The quantitative estimate of drug-likeness (QED) is 0.282. The highest BCUT2D eigenvalue weighted by Crippen LogP contribution is 2.25. The van der Waals surface area contributed by atoms with E-state index in [1.807, 2.05) is 18.2 Å². The molecule has 2 aromatic rings. The third-order valence-electron chi connectivity index (χ3n) is 5.22. The molecule has 0 heterocycles. The normalized spacial score (nSPS) is 11.3. The smallest absolute Gasteiger partial charge is 0.124 e. The first-order valence-corrected chi connectivity index (χ1v) is 12.1. The highest BCUT2D eigenvalue weighted by Gasteiger charge is 2.08. The predicted octanol–water partition coefficient (Wildman–Crippen LogP) is 7.09. The average Bonchev–Trinajstić information content (AvgIpc) is 2.75. The van der Waals surface area contributed by atoms with Gasteiger partial charge in [0.2, 0.25) is 0 Å². The number of nitrogens with one attached hydrogen (secondary N) is 1. The Morgan fingerprint density at radius 3 is 2.29 bits per heavy atom. The van der Waals surface area contributed by atoms with Crippen LogP contribution in [-0.4, -0.2) is 31.1 Å². The maximum Gasteiger partial charge on any atom is 0.124 e. The van der Waals surface area contributed by atoms with Gasteiger partial charge in [0.1, 0.15) is 18.2 Å². The predicted molar refractivity (Wildman–Crippen MR) is 130 cm³/mol. The van der Waals surface area contributed by atoms with E-state index in [0.29, 0.717) is 16.6 Å². The van der Waals surface area contributed by atoms with Gasteiger partial charge < -0.3 is 15.0 Å². The maximum absolute atomic E-state index is 13.2. The molecule has 0 saturated heterocycles. The average molecular weight is 469 g/mol. The third kappa shape index (κ3) is 9.78. The zero-order valence-electron chi connectivity index (χ0n) is 18.7. The molecule has 0 bridgehead atoms. The van der Waals surface area contributed by atoms with Crippen LogP contribution in [0, 0.1) is 5.82 Å². The zero-order chi connectivity index (χ0) is 22.5. The fourth-order valence-corrected chi connectivity index (χ4v) is 3.79. The summed E-state index contributed by atoms with van der Waals surface area (Å²) in [5.41, 5.74) is 1.75. The molecule has 0 fully saturated rings. The fraction of sp³-hybridized carbons (Fsp3) is 0.520. The van der Waals surface area contributed by atoms with E-state index in [2.05, 4.69) is 24.1 Å². The van der Waals surface area contributed by atoms with Crippen molar-refractivity contribution in [3.63, 3.8) is 0 Å². The minimum atomic E-state index is -0.354. The Bertz CT molecular complexity index is 780. The number of hydrogen-bond acceptors (Lipinski definition) is 3. The highest BCUT2D eigenvalue weighted by molar-refractivity contribution is 6.31. The molecular formula is C25H35Cl2FN2O. The number of benzene rings is 2. The van der Waals surface area contributed by atoms with E-state index in [-0.39, 0.29) is 12.4 Å². The molecule has 0 aliphatic heterocycles. The van der Waals surface area contributed by atoms with Gasteiger partial charge in [0.15, 0.2) is 0 Å². The Kier molecular flexibility index (Phi) is 12.3. The van der Waals surface area contributed by atoms with Crippen LogP contribution in [0.2, 0.25) is 10.0 Å². The monoisotopic (exact) mass is 468 g/mol. The molecule has 2 aromatic carbocycles. The van der Waals surface area contributed by atoms with Crippen molar-refractivity contribution in [2.75, 3.05) is 26.2 Å². The van der Waals surface area contributed by atoms with E-state index in [4.69, 9.17) is 27.9 Å². The largest absolute Gasteiger partial charge is 0.489 e. The summed E-state index contributed by atoms with van der Waals surface area (Å²) in [6.45, 7) is 9.87. The van der Waals surface area contributed by atoms with Crippen molar-refractivity contribution in [1.29, 1.82) is 0 Å². The molecule has 31 heavy (non-hydrogen) atoms. The molecule has 0 radical (unpaired) electrons. The molecule has 0 atom stereocenters. The summed E-state index contributed by atoms with van der Waals surface area (Å²) >= 11 is 12.3. The van der Waals surface area contributed by atoms with Gasteiger partial charge in [-0.05, 0) is 75.8 Å². The van der Waals surface area contributed by atoms with Gasteiger partial charge in [0, 0.05) is 22.7 Å². The summed E-state index contributed by atoms with van der Waals surface area (Å²) in [7, 11) is 0. The minimum absolute atomic E-state index is 0.275. The van der Waals surface area contributed by atoms with Gasteiger partial charge in [0.25, 0.3) is 0 Å². The van der Waals surface area contributed by atoms with Crippen LogP contribution in [0.1, 0.15) is 57.1 Å². The van der Waals surface area contributed by atoms with Crippen molar-refractivity contribution in [1.82, 2.24) is 10.2 Å². The molecule has 1 N–H and O–H groups in total. The molecule has 2 rings (SSSR count). The second kappa shape index (κ2) is 14.7. The summed E-state index contributed by atoms with van der Waals surface area (Å²) in [5, 5.41) is 4.55. The lowest BCUT2D eigenvalue weighted by Gasteiger charge is -2.22. The number of rotatable bonds is 15. The Labute approximate surface area is 196 Å². The molecule has 0 aliphatic carbocycles. The molecule has 172 valence electrons. The molecule has 0 saturated carbocycles. The van der Waals surface area contributed by atoms with Crippen LogP contribution in [0.4, 0.5) is 4.39 Å². The Morgan fingerprint density at radius 2 is 1.61 bits per heavy atom. The van der Waals surface area contributed by atoms with Crippen molar-refractivity contribution in [3.05, 3.63) is 63.4 Å². The van der Waals surface area contributed by atoms with E-state index in [1.54, 1.807) is 6.07 Å².